The van der Waals surface area contributed by atoms with Crippen LogP contribution < -0.4 is 10.2 Å². The number of nitrogens with zero attached hydrogens (tertiary/aromatic N) is 1. The highest BCUT2D eigenvalue weighted by atomic mass is 19.1. The van der Waals surface area contributed by atoms with Crippen molar-refractivity contribution in [2.24, 2.45) is 5.92 Å². The lowest BCUT2D eigenvalue weighted by Crippen LogP contribution is -2.35. The number of carboxylic acid groups (broad SMARTS) is 1. The number of piperidine rings is 1. The lowest BCUT2D eigenvalue weighted by molar-refractivity contribution is -0.135. The van der Waals surface area contributed by atoms with Crippen molar-refractivity contribution in [1.82, 2.24) is 5.32 Å². The molecule has 1 aliphatic rings. The van der Waals surface area contributed by atoms with Crippen LogP contribution in [0.15, 0.2) is 18.2 Å². The second-order valence-corrected chi connectivity index (χ2v) is 5.48. The van der Waals surface area contributed by atoms with E-state index in [9.17, 15) is 9.18 Å². The van der Waals surface area contributed by atoms with E-state index in [0.29, 0.717) is 18.2 Å². The Labute approximate surface area is 118 Å². The molecule has 0 radical (unpaired) electrons. The summed E-state index contributed by atoms with van der Waals surface area (Å²) in [6.07, 6.45) is 2.28. The molecule has 5 heteroatoms. The summed E-state index contributed by atoms with van der Waals surface area (Å²) in [6.45, 7) is 4.29. The molecule has 0 bridgehead atoms. The maximum absolute atomic E-state index is 14.0. The Kier molecular flexibility index (Phi) is 4.95. The summed E-state index contributed by atoms with van der Waals surface area (Å²) >= 11 is 0. The first-order valence-corrected chi connectivity index (χ1v) is 7.02. The van der Waals surface area contributed by atoms with E-state index in [-0.39, 0.29) is 12.4 Å². The molecule has 0 saturated carbocycles. The average molecular weight is 280 g/mol. The van der Waals surface area contributed by atoms with Crippen molar-refractivity contribution < 1.29 is 14.3 Å². The highest BCUT2D eigenvalue weighted by Crippen LogP contribution is 2.26. The van der Waals surface area contributed by atoms with E-state index in [0.717, 1.165) is 25.1 Å². The van der Waals surface area contributed by atoms with Crippen LogP contribution in [0.1, 0.15) is 25.3 Å². The Hall–Kier alpha value is -1.62. The molecule has 110 valence electrons. The standard InChI is InChI=1S/C15H21FN2O2/c1-11-3-2-6-18(10-11)14-7-12(4-5-13(14)16)8-17-9-15(19)20/h4-5,7,11,17H,2-3,6,8-10H2,1H3,(H,19,20). The van der Waals surface area contributed by atoms with Crippen LogP contribution in [0.5, 0.6) is 0 Å². The van der Waals surface area contributed by atoms with Crippen LogP contribution in [0, 0.1) is 11.7 Å². The number of carbonyl (C=O) groups is 1. The zero-order valence-electron chi connectivity index (χ0n) is 11.7. The number of carboxylic acids is 1. The van der Waals surface area contributed by atoms with Gasteiger partial charge in [-0.15, -0.1) is 0 Å². The van der Waals surface area contributed by atoms with Crippen molar-refractivity contribution >= 4 is 11.7 Å². The third kappa shape index (κ3) is 3.93. The lowest BCUT2D eigenvalue weighted by atomic mass is 9.99. The summed E-state index contributed by atoms with van der Waals surface area (Å²) < 4.78 is 14.0. The van der Waals surface area contributed by atoms with E-state index in [1.165, 1.54) is 12.5 Å². The molecule has 2 rings (SSSR count). The molecule has 0 spiro atoms. The Morgan fingerprint density at radius 2 is 2.35 bits per heavy atom. The summed E-state index contributed by atoms with van der Waals surface area (Å²) in [6, 6.07) is 4.98. The molecule has 20 heavy (non-hydrogen) atoms. The highest BCUT2D eigenvalue weighted by Gasteiger charge is 2.19. The Morgan fingerprint density at radius 1 is 1.55 bits per heavy atom. The van der Waals surface area contributed by atoms with Crippen molar-refractivity contribution in [3.8, 4) is 0 Å². The molecule has 1 unspecified atom stereocenters. The van der Waals surface area contributed by atoms with Gasteiger partial charge in [0, 0.05) is 19.6 Å². The predicted molar refractivity (Wildman–Crippen MR) is 76.4 cm³/mol. The van der Waals surface area contributed by atoms with Crippen LogP contribution in [-0.4, -0.2) is 30.7 Å². The number of hydrogen-bond acceptors (Lipinski definition) is 3. The smallest absolute Gasteiger partial charge is 0.317 e. The minimum Gasteiger partial charge on any atom is -0.480 e. The minimum absolute atomic E-state index is 0.0898. The van der Waals surface area contributed by atoms with Gasteiger partial charge in [-0.1, -0.05) is 13.0 Å². The monoisotopic (exact) mass is 280 g/mol. The summed E-state index contributed by atoms with van der Waals surface area (Å²) in [5.41, 5.74) is 1.53. The van der Waals surface area contributed by atoms with Crippen molar-refractivity contribution in [2.75, 3.05) is 24.5 Å². The molecule has 1 fully saturated rings. The number of hydrogen-bond donors (Lipinski definition) is 2. The van der Waals surface area contributed by atoms with Crippen LogP contribution in [0.4, 0.5) is 10.1 Å². The van der Waals surface area contributed by atoms with Crippen molar-refractivity contribution in [3.05, 3.63) is 29.6 Å². The molecular formula is C15H21FN2O2. The van der Waals surface area contributed by atoms with Crippen molar-refractivity contribution in [2.45, 2.75) is 26.3 Å². The third-order valence-corrected chi connectivity index (χ3v) is 3.61. The van der Waals surface area contributed by atoms with Gasteiger partial charge in [-0.05, 0) is 36.5 Å². The Morgan fingerprint density at radius 3 is 3.05 bits per heavy atom. The first-order chi connectivity index (χ1) is 9.56. The Bertz CT molecular complexity index is 479. The van der Waals surface area contributed by atoms with Gasteiger partial charge in [0.1, 0.15) is 5.82 Å². The Balaban J connectivity index is 2.06. The lowest BCUT2D eigenvalue weighted by Gasteiger charge is -2.33. The van der Waals surface area contributed by atoms with Gasteiger partial charge in [0.25, 0.3) is 0 Å². The van der Waals surface area contributed by atoms with Crippen LogP contribution >= 0.6 is 0 Å². The van der Waals surface area contributed by atoms with E-state index < -0.39 is 5.97 Å². The molecule has 1 aromatic rings. The first kappa shape index (κ1) is 14.8. The second kappa shape index (κ2) is 6.70. The molecule has 1 aromatic carbocycles. The number of nitrogens with one attached hydrogen (secondary N) is 1. The van der Waals surface area contributed by atoms with Gasteiger partial charge in [-0.3, -0.25) is 4.79 Å². The molecule has 2 N–H and O–H groups in total. The molecule has 1 saturated heterocycles. The fourth-order valence-corrected chi connectivity index (χ4v) is 2.63. The van der Waals surface area contributed by atoms with Crippen LogP contribution in [0.25, 0.3) is 0 Å². The minimum atomic E-state index is -0.891. The topological polar surface area (TPSA) is 52.6 Å². The molecule has 0 aromatic heterocycles. The molecule has 1 atom stereocenters. The number of rotatable bonds is 5. The van der Waals surface area contributed by atoms with Crippen molar-refractivity contribution in [1.29, 1.82) is 0 Å². The van der Waals surface area contributed by atoms with E-state index in [2.05, 4.69) is 17.1 Å². The number of halogens is 1. The van der Waals surface area contributed by atoms with Crippen LogP contribution in [-0.2, 0) is 11.3 Å². The number of anilines is 1. The molecule has 0 amide bonds. The SMILES string of the molecule is CC1CCCN(c2cc(CNCC(=O)O)ccc2F)C1. The fraction of sp³-hybridized carbons (Fsp3) is 0.533. The van der Waals surface area contributed by atoms with Crippen LogP contribution in [0.2, 0.25) is 0 Å². The highest BCUT2D eigenvalue weighted by molar-refractivity contribution is 5.69. The van der Waals surface area contributed by atoms with Crippen molar-refractivity contribution in [3.63, 3.8) is 0 Å². The maximum Gasteiger partial charge on any atom is 0.317 e. The van der Waals surface area contributed by atoms with Gasteiger partial charge in [-0.2, -0.15) is 0 Å². The van der Waals surface area contributed by atoms with E-state index in [1.54, 1.807) is 6.07 Å². The maximum atomic E-state index is 14.0. The molecule has 0 aliphatic carbocycles. The summed E-state index contributed by atoms with van der Waals surface area (Å²) in [4.78, 5) is 12.6. The predicted octanol–water partition coefficient (Wildman–Crippen LogP) is 2.24. The third-order valence-electron chi connectivity index (χ3n) is 3.61. The normalized spacial score (nSPS) is 19.1. The zero-order chi connectivity index (χ0) is 14.5. The van der Waals surface area contributed by atoms with Gasteiger partial charge in [0.2, 0.25) is 0 Å². The van der Waals surface area contributed by atoms with Crippen LogP contribution in [0.3, 0.4) is 0 Å². The molecule has 4 nitrogen and oxygen atoms in total. The second-order valence-electron chi connectivity index (χ2n) is 5.48. The van der Waals surface area contributed by atoms with Gasteiger partial charge >= 0.3 is 5.97 Å². The van der Waals surface area contributed by atoms with Gasteiger partial charge in [0.15, 0.2) is 0 Å². The van der Waals surface area contributed by atoms with Gasteiger partial charge < -0.3 is 15.3 Å². The van der Waals surface area contributed by atoms with Gasteiger partial charge in [0.05, 0.1) is 12.2 Å². The fourth-order valence-electron chi connectivity index (χ4n) is 2.63. The molecule has 1 heterocycles. The first-order valence-electron chi connectivity index (χ1n) is 7.02. The van der Waals surface area contributed by atoms with Gasteiger partial charge in [-0.25, -0.2) is 4.39 Å². The molecular weight excluding hydrogens is 259 g/mol. The van der Waals surface area contributed by atoms with E-state index in [4.69, 9.17) is 5.11 Å². The van der Waals surface area contributed by atoms with E-state index in [1.807, 2.05) is 6.07 Å². The quantitative estimate of drug-likeness (QED) is 0.868. The number of benzene rings is 1. The average Bonchev–Trinajstić information content (AvgIpc) is 2.40. The molecule has 1 aliphatic heterocycles. The number of aliphatic carboxylic acids is 1. The summed E-state index contributed by atoms with van der Waals surface area (Å²) in [7, 11) is 0. The zero-order valence-corrected chi connectivity index (χ0v) is 11.7. The summed E-state index contributed by atoms with van der Waals surface area (Å²) in [5.74, 6) is -0.518. The van der Waals surface area contributed by atoms with E-state index >= 15 is 0 Å². The largest absolute Gasteiger partial charge is 0.480 e. The summed E-state index contributed by atoms with van der Waals surface area (Å²) in [5, 5.41) is 11.4.